The molecule has 2 rings (SSSR count). The van der Waals surface area contributed by atoms with E-state index in [-0.39, 0.29) is 5.82 Å². The van der Waals surface area contributed by atoms with Crippen LogP contribution in [0.3, 0.4) is 0 Å². The monoisotopic (exact) mass is 246 g/mol. The first-order valence-corrected chi connectivity index (χ1v) is 6.65. The predicted molar refractivity (Wildman–Crippen MR) is 70.8 cm³/mol. The van der Waals surface area contributed by atoms with Crippen molar-refractivity contribution in [1.29, 1.82) is 5.26 Å². The molecule has 96 valence electrons. The summed E-state index contributed by atoms with van der Waals surface area (Å²) in [5.74, 6) is 0.453. The fourth-order valence-electron chi connectivity index (χ4n) is 2.55. The molecule has 1 saturated carbocycles. The van der Waals surface area contributed by atoms with E-state index in [9.17, 15) is 4.39 Å². The number of hydrogen-bond donors (Lipinski definition) is 1. The molecule has 0 bridgehead atoms. The van der Waals surface area contributed by atoms with E-state index in [1.165, 1.54) is 25.3 Å². The molecule has 0 saturated heterocycles. The average molecular weight is 246 g/mol. The number of halogens is 1. The van der Waals surface area contributed by atoms with Crippen LogP contribution in [0.2, 0.25) is 0 Å². The standard InChI is InChI=1S/C15H19FN2/c1-11-3-2-4-13(7-5-11)18-15-8-6-12(10-17)9-14(15)16/h6,8-9,11,13,18H,2-5,7H2,1H3. The second-order valence-electron chi connectivity index (χ2n) is 5.26. The highest BCUT2D eigenvalue weighted by Crippen LogP contribution is 2.26. The van der Waals surface area contributed by atoms with Gasteiger partial charge in [-0.1, -0.05) is 19.8 Å². The van der Waals surface area contributed by atoms with Gasteiger partial charge in [-0.3, -0.25) is 0 Å². The Morgan fingerprint density at radius 2 is 2.11 bits per heavy atom. The van der Waals surface area contributed by atoms with Crippen LogP contribution in [-0.2, 0) is 0 Å². The van der Waals surface area contributed by atoms with Crippen molar-refractivity contribution < 1.29 is 4.39 Å². The van der Waals surface area contributed by atoms with Gasteiger partial charge < -0.3 is 5.32 Å². The number of nitrogens with zero attached hydrogens (tertiary/aromatic N) is 1. The van der Waals surface area contributed by atoms with Crippen LogP contribution in [-0.4, -0.2) is 6.04 Å². The van der Waals surface area contributed by atoms with Gasteiger partial charge in [-0.05, 0) is 43.4 Å². The lowest BCUT2D eigenvalue weighted by Crippen LogP contribution is -2.19. The van der Waals surface area contributed by atoms with E-state index in [1.54, 1.807) is 12.1 Å². The van der Waals surface area contributed by atoms with Crippen LogP contribution in [0.4, 0.5) is 10.1 Å². The van der Waals surface area contributed by atoms with Gasteiger partial charge >= 0.3 is 0 Å². The number of rotatable bonds is 2. The van der Waals surface area contributed by atoms with Crippen LogP contribution in [0, 0.1) is 23.1 Å². The highest BCUT2D eigenvalue weighted by Gasteiger charge is 2.17. The van der Waals surface area contributed by atoms with E-state index in [2.05, 4.69) is 12.2 Å². The zero-order valence-corrected chi connectivity index (χ0v) is 10.7. The summed E-state index contributed by atoms with van der Waals surface area (Å²) in [6.07, 6.45) is 5.88. The van der Waals surface area contributed by atoms with Crippen molar-refractivity contribution in [2.45, 2.75) is 45.1 Å². The molecule has 0 aromatic heterocycles. The molecule has 0 aliphatic heterocycles. The van der Waals surface area contributed by atoms with Gasteiger partial charge in [-0.15, -0.1) is 0 Å². The molecule has 1 N–H and O–H groups in total. The molecular formula is C15H19FN2. The minimum absolute atomic E-state index is 0.327. The third-order valence-corrected chi connectivity index (χ3v) is 3.72. The Bertz CT molecular complexity index is 450. The topological polar surface area (TPSA) is 35.8 Å². The number of nitrogens with one attached hydrogen (secondary N) is 1. The van der Waals surface area contributed by atoms with Crippen LogP contribution in [0.15, 0.2) is 18.2 Å². The van der Waals surface area contributed by atoms with Crippen molar-refractivity contribution in [3.63, 3.8) is 0 Å². The zero-order valence-electron chi connectivity index (χ0n) is 10.7. The lowest BCUT2D eigenvalue weighted by Gasteiger charge is -2.18. The molecule has 1 aliphatic rings. The predicted octanol–water partition coefficient (Wildman–Crippen LogP) is 4.08. The van der Waals surface area contributed by atoms with Gasteiger partial charge in [0.2, 0.25) is 0 Å². The fraction of sp³-hybridized carbons (Fsp3) is 0.533. The maximum absolute atomic E-state index is 13.8. The molecule has 1 aromatic rings. The minimum Gasteiger partial charge on any atom is -0.380 e. The molecule has 1 aromatic carbocycles. The Morgan fingerprint density at radius 1 is 1.28 bits per heavy atom. The van der Waals surface area contributed by atoms with E-state index in [0.717, 1.165) is 18.8 Å². The second-order valence-corrected chi connectivity index (χ2v) is 5.26. The van der Waals surface area contributed by atoms with Crippen LogP contribution in [0.5, 0.6) is 0 Å². The maximum Gasteiger partial charge on any atom is 0.147 e. The molecule has 0 radical (unpaired) electrons. The normalized spacial score (nSPS) is 24.1. The smallest absolute Gasteiger partial charge is 0.147 e. The van der Waals surface area contributed by atoms with Crippen LogP contribution in [0.25, 0.3) is 0 Å². The second kappa shape index (κ2) is 5.86. The summed E-state index contributed by atoms with van der Waals surface area (Å²) < 4.78 is 13.8. The van der Waals surface area contributed by atoms with E-state index >= 15 is 0 Å². The lowest BCUT2D eigenvalue weighted by molar-refractivity contribution is 0.501. The highest BCUT2D eigenvalue weighted by molar-refractivity contribution is 5.49. The first kappa shape index (κ1) is 12.9. The van der Waals surface area contributed by atoms with Gasteiger partial charge in [0, 0.05) is 6.04 Å². The van der Waals surface area contributed by atoms with E-state index < -0.39 is 0 Å². The number of benzene rings is 1. The molecule has 18 heavy (non-hydrogen) atoms. The molecule has 0 spiro atoms. The molecular weight excluding hydrogens is 227 g/mol. The van der Waals surface area contributed by atoms with Crippen molar-refractivity contribution in [1.82, 2.24) is 0 Å². The van der Waals surface area contributed by atoms with Crippen molar-refractivity contribution in [2.75, 3.05) is 5.32 Å². The van der Waals surface area contributed by atoms with Crippen molar-refractivity contribution >= 4 is 5.69 Å². The van der Waals surface area contributed by atoms with Gasteiger partial charge in [0.15, 0.2) is 0 Å². The molecule has 2 atom stereocenters. The Morgan fingerprint density at radius 3 is 2.83 bits per heavy atom. The van der Waals surface area contributed by atoms with Crippen molar-refractivity contribution in [3.8, 4) is 6.07 Å². The molecule has 0 amide bonds. The summed E-state index contributed by atoms with van der Waals surface area (Å²) in [4.78, 5) is 0. The highest BCUT2D eigenvalue weighted by atomic mass is 19.1. The molecule has 2 nitrogen and oxygen atoms in total. The largest absolute Gasteiger partial charge is 0.380 e. The quantitative estimate of drug-likeness (QED) is 0.798. The lowest BCUT2D eigenvalue weighted by atomic mass is 10.0. The average Bonchev–Trinajstić information content (AvgIpc) is 2.57. The molecule has 0 heterocycles. The van der Waals surface area contributed by atoms with Gasteiger partial charge in [0.05, 0.1) is 17.3 Å². The summed E-state index contributed by atoms with van der Waals surface area (Å²) in [5, 5.41) is 12.0. The molecule has 1 aliphatic carbocycles. The number of nitriles is 1. The van der Waals surface area contributed by atoms with E-state index in [1.807, 2.05) is 6.07 Å². The van der Waals surface area contributed by atoms with Gasteiger partial charge in [0.1, 0.15) is 5.82 Å². The molecule has 2 unspecified atom stereocenters. The Labute approximate surface area is 108 Å². The Kier molecular flexibility index (Phi) is 4.19. The summed E-state index contributed by atoms with van der Waals surface area (Å²) in [6, 6.07) is 6.93. The Hall–Kier alpha value is -1.56. The molecule has 1 fully saturated rings. The SMILES string of the molecule is CC1CCCC(Nc2ccc(C#N)cc2F)CC1. The first-order valence-electron chi connectivity index (χ1n) is 6.65. The fourth-order valence-corrected chi connectivity index (χ4v) is 2.55. The first-order chi connectivity index (χ1) is 8.69. The molecule has 3 heteroatoms. The van der Waals surface area contributed by atoms with Crippen molar-refractivity contribution in [3.05, 3.63) is 29.6 Å². The van der Waals surface area contributed by atoms with Crippen LogP contribution in [0.1, 0.15) is 44.6 Å². The van der Waals surface area contributed by atoms with Crippen molar-refractivity contribution in [2.24, 2.45) is 5.92 Å². The van der Waals surface area contributed by atoms with E-state index in [4.69, 9.17) is 5.26 Å². The minimum atomic E-state index is -0.327. The Balaban J connectivity index is 2.03. The number of hydrogen-bond acceptors (Lipinski definition) is 2. The summed E-state index contributed by atoms with van der Waals surface area (Å²) in [5.41, 5.74) is 0.890. The van der Waals surface area contributed by atoms with Gasteiger partial charge in [0.25, 0.3) is 0 Å². The third kappa shape index (κ3) is 3.22. The third-order valence-electron chi connectivity index (χ3n) is 3.72. The van der Waals surface area contributed by atoms with Crippen LogP contribution < -0.4 is 5.32 Å². The zero-order chi connectivity index (χ0) is 13.0. The number of anilines is 1. The van der Waals surface area contributed by atoms with Gasteiger partial charge in [-0.25, -0.2) is 4.39 Å². The maximum atomic E-state index is 13.8. The van der Waals surface area contributed by atoms with E-state index in [0.29, 0.717) is 17.3 Å². The van der Waals surface area contributed by atoms with Gasteiger partial charge in [-0.2, -0.15) is 5.26 Å². The van der Waals surface area contributed by atoms with Crippen LogP contribution >= 0.6 is 0 Å². The summed E-state index contributed by atoms with van der Waals surface area (Å²) in [6.45, 7) is 2.28. The summed E-state index contributed by atoms with van der Waals surface area (Å²) in [7, 11) is 0. The summed E-state index contributed by atoms with van der Waals surface area (Å²) >= 11 is 0.